The fourth-order valence-corrected chi connectivity index (χ4v) is 2.88. The molecule has 1 heterocycles. The van der Waals surface area contributed by atoms with Gasteiger partial charge >= 0.3 is 5.97 Å². The zero-order valence-corrected chi connectivity index (χ0v) is 14.7. The highest BCUT2D eigenvalue weighted by Crippen LogP contribution is 2.28. The van der Waals surface area contributed by atoms with Gasteiger partial charge in [0.2, 0.25) is 0 Å². The molecule has 128 valence electrons. The Labute approximate surface area is 146 Å². The van der Waals surface area contributed by atoms with Gasteiger partial charge in [0.1, 0.15) is 11.6 Å². The van der Waals surface area contributed by atoms with Crippen LogP contribution in [-0.2, 0) is 4.74 Å². The van der Waals surface area contributed by atoms with Crippen molar-refractivity contribution in [3.05, 3.63) is 65.5 Å². The second-order valence-corrected chi connectivity index (χ2v) is 5.78. The molecule has 0 bridgehead atoms. The summed E-state index contributed by atoms with van der Waals surface area (Å²) in [6, 6.07) is 13.7. The Morgan fingerprint density at radius 1 is 1.00 bits per heavy atom. The first kappa shape index (κ1) is 16.8. The van der Waals surface area contributed by atoms with Crippen LogP contribution in [0.25, 0.3) is 17.1 Å². The van der Waals surface area contributed by atoms with E-state index in [4.69, 9.17) is 9.47 Å². The maximum atomic E-state index is 12.0. The molecule has 0 N–H and O–H groups in total. The second-order valence-electron chi connectivity index (χ2n) is 5.78. The van der Waals surface area contributed by atoms with E-state index in [-0.39, 0.29) is 5.69 Å². The topological polar surface area (TPSA) is 53.4 Å². The molecule has 3 rings (SSSR count). The smallest absolute Gasteiger partial charge is 0.358 e. The zero-order valence-electron chi connectivity index (χ0n) is 14.7. The quantitative estimate of drug-likeness (QED) is 0.677. The number of para-hydroxylation sites is 1. The van der Waals surface area contributed by atoms with Gasteiger partial charge in [0, 0.05) is 11.8 Å². The van der Waals surface area contributed by atoms with Crippen LogP contribution in [0.2, 0.25) is 0 Å². The highest BCUT2D eigenvalue weighted by Gasteiger charge is 2.19. The summed E-state index contributed by atoms with van der Waals surface area (Å²) in [7, 11) is 2.98. The summed E-state index contributed by atoms with van der Waals surface area (Å²) in [6.07, 6.45) is 1.72. The maximum Gasteiger partial charge on any atom is 0.358 e. The molecule has 0 fully saturated rings. The number of hydrogen-bond donors (Lipinski definition) is 0. The zero-order chi connectivity index (χ0) is 18.0. The lowest BCUT2D eigenvalue weighted by Crippen LogP contribution is -2.02. The molecular weight excluding hydrogens is 316 g/mol. The van der Waals surface area contributed by atoms with Crippen molar-refractivity contribution in [1.82, 2.24) is 9.55 Å². The highest BCUT2D eigenvalue weighted by molar-refractivity contribution is 5.88. The van der Waals surface area contributed by atoms with Crippen LogP contribution in [0.3, 0.4) is 0 Å². The molecule has 5 heteroatoms. The van der Waals surface area contributed by atoms with E-state index in [9.17, 15) is 4.79 Å². The fraction of sp³-hybridized carbons (Fsp3) is 0.200. The third kappa shape index (κ3) is 3.13. The normalized spacial score (nSPS) is 10.6. The number of imidazole rings is 1. The molecule has 0 radical (unpaired) electrons. The Morgan fingerprint density at radius 3 is 2.20 bits per heavy atom. The van der Waals surface area contributed by atoms with Crippen LogP contribution in [0.1, 0.15) is 21.6 Å². The average Bonchev–Trinajstić information content (AvgIpc) is 3.06. The minimum absolute atomic E-state index is 0.274. The molecule has 0 spiro atoms. The molecule has 0 saturated carbocycles. The predicted octanol–water partition coefficient (Wildman–Crippen LogP) is 3.95. The minimum atomic E-state index is -0.459. The van der Waals surface area contributed by atoms with Gasteiger partial charge in [-0.25, -0.2) is 9.78 Å². The SMILES string of the molecule is COC(=O)c1cn(-c2c(C)cccc2C)c(-c2ccc(OC)cc2)n1. The highest BCUT2D eigenvalue weighted by atomic mass is 16.5. The largest absolute Gasteiger partial charge is 0.497 e. The fourth-order valence-electron chi connectivity index (χ4n) is 2.88. The number of carbonyl (C=O) groups is 1. The monoisotopic (exact) mass is 336 g/mol. The molecular formula is C20H20N2O3. The van der Waals surface area contributed by atoms with E-state index >= 15 is 0 Å². The maximum absolute atomic E-state index is 12.0. The number of esters is 1. The van der Waals surface area contributed by atoms with Gasteiger partial charge in [0.05, 0.1) is 19.9 Å². The molecule has 0 atom stereocenters. The molecule has 0 unspecified atom stereocenters. The van der Waals surface area contributed by atoms with Gasteiger partial charge in [-0.2, -0.15) is 0 Å². The van der Waals surface area contributed by atoms with E-state index in [1.165, 1.54) is 7.11 Å². The van der Waals surface area contributed by atoms with Crippen molar-refractivity contribution in [3.8, 4) is 22.8 Å². The Hall–Kier alpha value is -3.08. The van der Waals surface area contributed by atoms with Crippen LogP contribution in [-0.4, -0.2) is 29.7 Å². The summed E-state index contributed by atoms with van der Waals surface area (Å²) < 4.78 is 12.0. The second kappa shape index (κ2) is 6.81. The summed E-state index contributed by atoms with van der Waals surface area (Å²) in [5.41, 5.74) is 4.37. The standard InChI is InChI=1S/C20H20N2O3/c1-13-6-5-7-14(2)18(13)22-12-17(20(23)25-4)21-19(22)15-8-10-16(24-3)11-9-15/h5-12H,1-4H3. The van der Waals surface area contributed by atoms with Crippen molar-refractivity contribution in [2.24, 2.45) is 0 Å². The van der Waals surface area contributed by atoms with Crippen LogP contribution >= 0.6 is 0 Å². The van der Waals surface area contributed by atoms with E-state index in [0.29, 0.717) is 5.82 Å². The Bertz CT molecular complexity index is 891. The first-order valence-corrected chi connectivity index (χ1v) is 7.94. The molecule has 0 saturated heterocycles. The minimum Gasteiger partial charge on any atom is -0.497 e. The lowest BCUT2D eigenvalue weighted by Gasteiger charge is -2.14. The van der Waals surface area contributed by atoms with Crippen LogP contribution in [0, 0.1) is 13.8 Å². The number of nitrogens with zero attached hydrogens (tertiary/aromatic N) is 2. The van der Waals surface area contributed by atoms with Gasteiger partial charge in [-0.1, -0.05) is 18.2 Å². The van der Waals surface area contributed by atoms with E-state index in [2.05, 4.69) is 4.98 Å². The number of ether oxygens (including phenoxy) is 2. The van der Waals surface area contributed by atoms with E-state index in [1.54, 1.807) is 13.3 Å². The van der Waals surface area contributed by atoms with Gasteiger partial charge in [0.25, 0.3) is 0 Å². The number of rotatable bonds is 4. The summed E-state index contributed by atoms with van der Waals surface area (Å²) in [5.74, 6) is 0.988. The van der Waals surface area contributed by atoms with Gasteiger partial charge in [-0.05, 0) is 49.2 Å². The number of carbonyl (C=O) groups excluding carboxylic acids is 1. The van der Waals surface area contributed by atoms with Crippen LogP contribution in [0.15, 0.2) is 48.7 Å². The van der Waals surface area contributed by atoms with Gasteiger partial charge < -0.3 is 9.47 Å². The molecule has 3 aromatic rings. The summed E-state index contributed by atoms with van der Waals surface area (Å²) in [4.78, 5) is 16.5. The third-order valence-electron chi connectivity index (χ3n) is 4.13. The number of aryl methyl sites for hydroxylation is 2. The molecule has 0 amide bonds. The predicted molar refractivity (Wildman–Crippen MR) is 96.4 cm³/mol. The van der Waals surface area contributed by atoms with E-state index in [0.717, 1.165) is 28.1 Å². The molecule has 0 aliphatic rings. The van der Waals surface area contributed by atoms with Gasteiger partial charge in [-0.15, -0.1) is 0 Å². The lowest BCUT2D eigenvalue weighted by molar-refractivity contribution is 0.0594. The van der Waals surface area contributed by atoms with Crippen molar-refractivity contribution in [1.29, 1.82) is 0 Å². The van der Waals surface area contributed by atoms with E-state index in [1.807, 2.05) is 60.9 Å². The summed E-state index contributed by atoms with van der Waals surface area (Å²) >= 11 is 0. The molecule has 2 aromatic carbocycles. The van der Waals surface area contributed by atoms with Crippen LogP contribution < -0.4 is 4.74 Å². The first-order chi connectivity index (χ1) is 12.0. The van der Waals surface area contributed by atoms with Crippen molar-refractivity contribution in [2.75, 3.05) is 14.2 Å². The molecule has 5 nitrogen and oxygen atoms in total. The number of aromatic nitrogens is 2. The third-order valence-corrected chi connectivity index (χ3v) is 4.13. The molecule has 25 heavy (non-hydrogen) atoms. The van der Waals surface area contributed by atoms with Crippen molar-refractivity contribution in [3.63, 3.8) is 0 Å². The molecule has 1 aromatic heterocycles. The van der Waals surface area contributed by atoms with Crippen molar-refractivity contribution >= 4 is 5.97 Å². The van der Waals surface area contributed by atoms with Gasteiger partial charge in [0.15, 0.2) is 5.69 Å². The average molecular weight is 336 g/mol. The molecule has 0 aliphatic heterocycles. The number of benzene rings is 2. The van der Waals surface area contributed by atoms with Crippen molar-refractivity contribution < 1.29 is 14.3 Å². The van der Waals surface area contributed by atoms with Crippen LogP contribution in [0.5, 0.6) is 5.75 Å². The Morgan fingerprint density at radius 2 is 1.64 bits per heavy atom. The van der Waals surface area contributed by atoms with Crippen LogP contribution in [0.4, 0.5) is 0 Å². The Kier molecular flexibility index (Phi) is 4.57. The number of hydrogen-bond acceptors (Lipinski definition) is 4. The van der Waals surface area contributed by atoms with E-state index < -0.39 is 5.97 Å². The van der Waals surface area contributed by atoms with Crippen molar-refractivity contribution in [2.45, 2.75) is 13.8 Å². The summed E-state index contributed by atoms with van der Waals surface area (Å²) in [6.45, 7) is 4.08. The first-order valence-electron chi connectivity index (χ1n) is 7.94. The lowest BCUT2D eigenvalue weighted by atomic mass is 10.1. The number of methoxy groups -OCH3 is 2. The van der Waals surface area contributed by atoms with Gasteiger partial charge in [-0.3, -0.25) is 4.57 Å². The Balaban J connectivity index is 2.22. The molecule has 0 aliphatic carbocycles. The summed E-state index contributed by atoms with van der Waals surface area (Å²) in [5, 5.41) is 0.